The number of ether oxygens (including phenoxy) is 1. The molecule has 1 amide bonds. The topological polar surface area (TPSA) is 69.0 Å². The van der Waals surface area contributed by atoms with Gasteiger partial charge in [0.25, 0.3) is 0 Å². The number of anilines is 1. The van der Waals surface area contributed by atoms with Crippen LogP contribution in [-0.4, -0.2) is 33.0 Å². The fraction of sp³-hybridized carbons (Fsp3) is 0.526. The molecule has 6 nitrogen and oxygen atoms in total. The zero-order valence-electron chi connectivity index (χ0n) is 15.4. The van der Waals surface area contributed by atoms with Crippen molar-refractivity contribution in [2.45, 2.75) is 61.9 Å². The Kier molecular flexibility index (Phi) is 4.65. The standard InChI is InChI=1S/C19H24N4O2S/c1-11-4-9-16(25-3)15(10-11)20-18(24)12(2)26-19-22-21-17(13-5-6-13)23(19)14-7-8-14/h4,9-10,12-14H,5-8H2,1-3H3,(H,20,24). The minimum Gasteiger partial charge on any atom is -0.495 e. The zero-order valence-corrected chi connectivity index (χ0v) is 16.2. The molecule has 4 rings (SSSR count). The molecule has 2 aliphatic rings. The molecule has 1 unspecified atom stereocenters. The van der Waals surface area contributed by atoms with Crippen LogP contribution in [0.3, 0.4) is 0 Å². The van der Waals surface area contributed by atoms with Crippen molar-refractivity contribution in [2.24, 2.45) is 0 Å². The predicted octanol–water partition coefficient (Wildman–Crippen LogP) is 3.93. The lowest BCUT2D eigenvalue weighted by Gasteiger charge is -2.15. The van der Waals surface area contributed by atoms with Gasteiger partial charge in [0.05, 0.1) is 18.0 Å². The highest BCUT2D eigenvalue weighted by Crippen LogP contribution is 2.46. The SMILES string of the molecule is COc1ccc(C)cc1NC(=O)C(C)Sc1nnc(C2CC2)n1C1CC1. The Morgan fingerprint density at radius 1 is 1.31 bits per heavy atom. The summed E-state index contributed by atoms with van der Waals surface area (Å²) in [5.74, 6) is 2.29. The van der Waals surface area contributed by atoms with Gasteiger partial charge in [0.2, 0.25) is 5.91 Å². The molecule has 0 spiro atoms. The van der Waals surface area contributed by atoms with E-state index in [9.17, 15) is 4.79 Å². The normalized spacial score (nSPS) is 17.8. The number of hydrogen-bond donors (Lipinski definition) is 1. The number of aromatic nitrogens is 3. The molecule has 1 atom stereocenters. The van der Waals surface area contributed by atoms with Crippen LogP contribution >= 0.6 is 11.8 Å². The molecule has 0 aliphatic heterocycles. The molecule has 2 saturated carbocycles. The minimum absolute atomic E-state index is 0.0581. The summed E-state index contributed by atoms with van der Waals surface area (Å²) >= 11 is 1.49. The van der Waals surface area contributed by atoms with E-state index in [1.807, 2.05) is 32.0 Å². The second-order valence-corrected chi connectivity index (χ2v) is 8.48. The van der Waals surface area contributed by atoms with Crippen molar-refractivity contribution in [1.29, 1.82) is 0 Å². The van der Waals surface area contributed by atoms with Crippen molar-refractivity contribution >= 4 is 23.4 Å². The molecule has 0 saturated heterocycles. The Labute approximate surface area is 157 Å². The van der Waals surface area contributed by atoms with E-state index in [4.69, 9.17) is 4.74 Å². The molecule has 138 valence electrons. The number of amides is 1. The number of nitrogens with one attached hydrogen (secondary N) is 1. The van der Waals surface area contributed by atoms with Crippen LogP contribution in [0.4, 0.5) is 5.69 Å². The third kappa shape index (κ3) is 3.58. The van der Waals surface area contributed by atoms with Crippen molar-refractivity contribution in [3.05, 3.63) is 29.6 Å². The third-order valence-electron chi connectivity index (χ3n) is 4.81. The van der Waals surface area contributed by atoms with Gasteiger partial charge in [-0.05, 0) is 57.2 Å². The van der Waals surface area contributed by atoms with Crippen molar-refractivity contribution in [3.8, 4) is 5.75 Å². The molecule has 2 aliphatic carbocycles. The van der Waals surface area contributed by atoms with Crippen LogP contribution in [0.2, 0.25) is 0 Å². The molecule has 0 bridgehead atoms. The molecule has 26 heavy (non-hydrogen) atoms. The van der Waals surface area contributed by atoms with Gasteiger partial charge in [0.15, 0.2) is 5.16 Å². The number of nitrogens with zero attached hydrogens (tertiary/aromatic N) is 3. The Balaban J connectivity index is 1.48. The van der Waals surface area contributed by atoms with E-state index in [0.717, 1.165) is 16.5 Å². The van der Waals surface area contributed by atoms with E-state index in [1.54, 1.807) is 7.11 Å². The molecule has 2 aromatic rings. The number of thioether (sulfide) groups is 1. The summed E-state index contributed by atoms with van der Waals surface area (Å²) in [4.78, 5) is 12.7. The highest BCUT2D eigenvalue weighted by molar-refractivity contribution is 8.00. The summed E-state index contributed by atoms with van der Waals surface area (Å²) < 4.78 is 7.62. The number of rotatable bonds is 7. The Morgan fingerprint density at radius 3 is 2.73 bits per heavy atom. The predicted molar refractivity (Wildman–Crippen MR) is 102 cm³/mol. The van der Waals surface area contributed by atoms with Gasteiger partial charge >= 0.3 is 0 Å². The molecule has 1 aromatic heterocycles. The van der Waals surface area contributed by atoms with Crippen LogP contribution in [0.25, 0.3) is 0 Å². The van der Waals surface area contributed by atoms with Gasteiger partial charge in [-0.2, -0.15) is 0 Å². The average Bonchev–Trinajstić information content (AvgIpc) is 3.54. The number of benzene rings is 1. The Bertz CT molecular complexity index is 827. The fourth-order valence-electron chi connectivity index (χ4n) is 3.03. The summed E-state index contributed by atoms with van der Waals surface area (Å²) in [5.41, 5.74) is 1.77. The second-order valence-electron chi connectivity index (χ2n) is 7.17. The van der Waals surface area contributed by atoms with E-state index < -0.39 is 0 Å². The maximum absolute atomic E-state index is 12.7. The summed E-state index contributed by atoms with van der Waals surface area (Å²) in [5, 5.41) is 12.4. The van der Waals surface area contributed by atoms with E-state index in [-0.39, 0.29) is 11.2 Å². The summed E-state index contributed by atoms with van der Waals surface area (Å²) in [6, 6.07) is 6.28. The Hall–Kier alpha value is -2.02. The van der Waals surface area contributed by atoms with Crippen molar-refractivity contribution < 1.29 is 9.53 Å². The summed E-state index contributed by atoms with van der Waals surface area (Å²) in [7, 11) is 1.61. The quantitative estimate of drug-likeness (QED) is 0.746. The van der Waals surface area contributed by atoms with Gasteiger partial charge in [-0.3, -0.25) is 4.79 Å². The summed E-state index contributed by atoms with van der Waals surface area (Å²) in [6.45, 7) is 3.90. The highest BCUT2D eigenvalue weighted by Gasteiger charge is 2.37. The fourth-order valence-corrected chi connectivity index (χ4v) is 3.96. The van der Waals surface area contributed by atoms with Crippen LogP contribution in [0.5, 0.6) is 5.75 Å². The first-order valence-electron chi connectivity index (χ1n) is 9.13. The number of aryl methyl sites for hydroxylation is 1. The van der Waals surface area contributed by atoms with Gasteiger partial charge in [0, 0.05) is 12.0 Å². The lowest BCUT2D eigenvalue weighted by Crippen LogP contribution is -2.23. The van der Waals surface area contributed by atoms with Crippen LogP contribution in [0.1, 0.15) is 56.0 Å². The zero-order chi connectivity index (χ0) is 18.3. The van der Waals surface area contributed by atoms with Crippen LogP contribution in [0, 0.1) is 6.92 Å². The van der Waals surface area contributed by atoms with E-state index in [1.165, 1.54) is 37.4 Å². The molecular formula is C19H24N4O2S. The first-order valence-corrected chi connectivity index (χ1v) is 10.0. The second kappa shape index (κ2) is 6.95. The van der Waals surface area contributed by atoms with Gasteiger partial charge in [-0.1, -0.05) is 17.8 Å². The third-order valence-corrected chi connectivity index (χ3v) is 5.87. The summed E-state index contributed by atoms with van der Waals surface area (Å²) in [6.07, 6.45) is 4.79. The highest BCUT2D eigenvalue weighted by atomic mass is 32.2. The van der Waals surface area contributed by atoms with Crippen LogP contribution in [-0.2, 0) is 4.79 Å². The molecule has 1 aromatic carbocycles. The molecule has 1 heterocycles. The largest absolute Gasteiger partial charge is 0.495 e. The monoisotopic (exact) mass is 372 g/mol. The number of methoxy groups -OCH3 is 1. The van der Waals surface area contributed by atoms with Crippen LogP contribution < -0.4 is 10.1 Å². The van der Waals surface area contributed by atoms with Crippen molar-refractivity contribution in [3.63, 3.8) is 0 Å². The number of carbonyl (C=O) groups is 1. The van der Waals surface area contributed by atoms with Gasteiger partial charge < -0.3 is 14.6 Å². The maximum atomic E-state index is 12.7. The lowest BCUT2D eigenvalue weighted by molar-refractivity contribution is -0.115. The van der Waals surface area contributed by atoms with E-state index in [0.29, 0.717) is 23.4 Å². The maximum Gasteiger partial charge on any atom is 0.237 e. The first-order chi connectivity index (χ1) is 12.6. The van der Waals surface area contributed by atoms with E-state index >= 15 is 0 Å². The molecule has 7 heteroatoms. The average molecular weight is 372 g/mol. The van der Waals surface area contributed by atoms with Crippen molar-refractivity contribution in [2.75, 3.05) is 12.4 Å². The number of hydrogen-bond acceptors (Lipinski definition) is 5. The Morgan fingerprint density at radius 2 is 2.08 bits per heavy atom. The van der Waals surface area contributed by atoms with Crippen molar-refractivity contribution in [1.82, 2.24) is 14.8 Å². The van der Waals surface area contributed by atoms with E-state index in [2.05, 4.69) is 20.1 Å². The lowest BCUT2D eigenvalue weighted by atomic mass is 10.2. The molecule has 1 N–H and O–H groups in total. The molecule has 2 fully saturated rings. The van der Waals surface area contributed by atoms with Gasteiger partial charge in [0.1, 0.15) is 11.6 Å². The molecule has 0 radical (unpaired) electrons. The van der Waals surface area contributed by atoms with Gasteiger partial charge in [-0.25, -0.2) is 0 Å². The first kappa shape index (κ1) is 17.4. The molecular weight excluding hydrogens is 348 g/mol. The van der Waals surface area contributed by atoms with Gasteiger partial charge in [-0.15, -0.1) is 10.2 Å². The number of carbonyl (C=O) groups excluding carboxylic acids is 1. The van der Waals surface area contributed by atoms with Crippen LogP contribution in [0.15, 0.2) is 23.4 Å². The smallest absolute Gasteiger partial charge is 0.237 e. The minimum atomic E-state index is -0.269.